The molecule has 0 radical (unpaired) electrons. The van der Waals surface area contributed by atoms with Crippen molar-refractivity contribution >= 4 is 41.2 Å². The number of nitrogens with zero attached hydrogens (tertiary/aromatic N) is 2. The molecule has 0 aliphatic carbocycles. The highest BCUT2D eigenvalue weighted by Crippen LogP contribution is 2.34. The number of carbonyl (C=O) groups is 5. The summed E-state index contributed by atoms with van der Waals surface area (Å²) in [6, 6.07) is 4.60. The van der Waals surface area contributed by atoms with Crippen LogP contribution in [0.2, 0.25) is 0 Å². The van der Waals surface area contributed by atoms with Gasteiger partial charge in [0.15, 0.2) is 6.04 Å². The normalized spacial score (nSPS) is 23.4. The van der Waals surface area contributed by atoms with E-state index in [9.17, 15) is 24.0 Å². The topological polar surface area (TPSA) is 112 Å². The third-order valence-corrected chi connectivity index (χ3v) is 3.94. The van der Waals surface area contributed by atoms with Gasteiger partial charge in [-0.1, -0.05) is 23.7 Å². The summed E-state index contributed by atoms with van der Waals surface area (Å²) >= 11 is 5.84. The van der Waals surface area contributed by atoms with Gasteiger partial charge in [0, 0.05) is 0 Å². The number of fused-ring (bicyclic) bond motifs is 1. The van der Waals surface area contributed by atoms with Gasteiger partial charge in [0.2, 0.25) is 0 Å². The minimum Gasteiger partial charge on any atom is -0.474 e. The number of hydrogen-bond donors (Lipinski definition) is 1. The Hall–Kier alpha value is -2.74. The largest absolute Gasteiger partial charge is 0.474 e. The van der Waals surface area contributed by atoms with E-state index in [1.54, 1.807) is 12.1 Å². The Morgan fingerprint density at radius 2 is 1.55 bits per heavy atom. The first kappa shape index (κ1) is 14.2. The van der Waals surface area contributed by atoms with Crippen LogP contribution in [0, 0.1) is 0 Å². The van der Waals surface area contributed by atoms with Gasteiger partial charge >= 0.3 is 11.9 Å². The van der Waals surface area contributed by atoms with Crippen LogP contribution in [-0.2, 0) is 14.4 Å². The Labute approximate surface area is 127 Å². The first-order valence-electron chi connectivity index (χ1n) is 6.07. The fourth-order valence-corrected chi connectivity index (χ4v) is 2.86. The number of imide groups is 2. The van der Waals surface area contributed by atoms with E-state index < -0.39 is 41.1 Å². The number of amides is 4. The van der Waals surface area contributed by atoms with Gasteiger partial charge in [-0.05, 0) is 12.1 Å². The Bertz CT molecular complexity index is 726. The Kier molecular flexibility index (Phi) is 2.99. The highest BCUT2D eigenvalue weighted by Gasteiger charge is 2.58. The Balaban J connectivity index is 1.91. The molecule has 4 amide bonds. The summed E-state index contributed by atoms with van der Waals surface area (Å²) in [5, 5.41) is 8.60. The van der Waals surface area contributed by atoms with Crippen molar-refractivity contribution < 1.29 is 29.1 Å². The number of aliphatic carboxylic acids is 1. The maximum atomic E-state index is 12.2. The first-order chi connectivity index (χ1) is 10.4. The average molecular weight is 323 g/mol. The van der Waals surface area contributed by atoms with Crippen LogP contribution in [0.3, 0.4) is 0 Å². The molecule has 2 heterocycles. The number of β-lactam (4-membered cyclic amide) rings is 1. The van der Waals surface area contributed by atoms with Gasteiger partial charge < -0.3 is 5.11 Å². The maximum absolute atomic E-state index is 12.2. The lowest BCUT2D eigenvalue weighted by Crippen LogP contribution is -2.71. The average Bonchev–Trinajstić information content (AvgIpc) is 2.73. The third kappa shape index (κ3) is 1.67. The quantitative estimate of drug-likeness (QED) is 0.249. The lowest BCUT2D eigenvalue weighted by Gasteiger charge is -2.43. The summed E-state index contributed by atoms with van der Waals surface area (Å²) < 4.78 is 0. The summed E-state index contributed by atoms with van der Waals surface area (Å²) in [6.07, 6.45) is 0. The van der Waals surface area contributed by atoms with E-state index in [-0.39, 0.29) is 11.1 Å². The van der Waals surface area contributed by atoms with Gasteiger partial charge in [0.05, 0.1) is 11.1 Å². The van der Waals surface area contributed by atoms with E-state index in [4.69, 9.17) is 16.7 Å². The summed E-state index contributed by atoms with van der Waals surface area (Å²) in [6.45, 7) is 0. The van der Waals surface area contributed by atoms with Crippen LogP contribution in [0.15, 0.2) is 24.3 Å². The van der Waals surface area contributed by atoms with E-state index in [0.29, 0.717) is 9.80 Å². The van der Waals surface area contributed by atoms with Crippen molar-refractivity contribution in [3.8, 4) is 0 Å². The fourth-order valence-electron chi connectivity index (χ4n) is 2.45. The summed E-state index contributed by atoms with van der Waals surface area (Å²) in [5.74, 6) is -5.75. The van der Waals surface area contributed by atoms with Crippen molar-refractivity contribution in [3.63, 3.8) is 0 Å². The number of carboxylic acids is 1. The zero-order valence-electron chi connectivity index (χ0n) is 10.7. The molecule has 22 heavy (non-hydrogen) atoms. The SMILES string of the molecule is O=C(O)C(=O)N1C(=O)[C@@H](N2C(=O)c3ccccc3C2=O)[C@@H]1Cl. The van der Waals surface area contributed by atoms with Gasteiger partial charge in [0.1, 0.15) is 5.50 Å². The van der Waals surface area contributed by atoms with Gasteiger partial charge in [0.25, 0.3) is 17.7 Å². The third-order valence-electron chi connectivity index (χ3n) is 3.50. The number of carbonyl (C=O) groups excluding carboxylic acids is 4. The number of hydrogen-bond acceptors (Lipinski definition) is 5. The first-order valence-corrected chi connectivity index (χ1v) is 6.51. The molecule has 1 aromatic carbocycles. The number of carboxylic acid groups (broad SMARTS) is 1. The van der Waals surface area contributed by atoms with Crippen molar-refractivity contribution in [2.45, 2.75) is 11.5 Å². The lowest BCUT2D eigenvalue weighted by atomic mass is 10.1. The summed E-state index contributed by atoms with van der Waals surface area (Å²) in [5.41, 5.74) is -1.14. The predicted octanol–water partition coefficient (Wildman–Crippen LogP) is -0.330. The molecule has 1 N–H and O–H groups in total. The molecule has 0 unspecified atom stereocenters. The van der Waals surface area contributed by atoms with Gasteiger partial charge in [-0.15, -0.1) is 0 Å². The van der Waals surface area contributed by atoms with Crippen molar-refractivity contribution in [3.05, 3.63) is 35.4 Å². The van der Waals surface area contributed by atoms with Crippen LogP contribution in [0.25, 0.3) is 0 Å². The molecule has 3 rings (SSSR count). The molecule has 9 heteroatoms. The zero-order chi connectivity index (χ0) is 16.2. The van der Waals surface area contributed by atoms with Crippen molar-refractivity contribution in [1.29, 1.82) is 0 Å². The Morgan fingerprint density at radius 3 is 1.95 bits per heavy atom. The van der Waals surface area contributed by atoms with Gasteiger partial charge in [-0.3, -0.25) is 29.0 Å². The highest BCUT2D eigenvalue weighted by molar-refractivity contribution is 6.41. The number of halogens is 1. The predicted molar refractivity (Wildman–Crippen MR) is 69.9 cm³/mol. The standard InChI is InChI=1S/C13H7ClN2O6/c14-8-7(11(19)16(8)12(20)13(21)22)15-9(17)5-3-1-2-4-6(5)10(15)18/h1-4,7-8H,(H,21,22)/t7-,8+/m0/s1. The monoisotopic (exact) mass is 322 g/mol. The van der Waals surface area contributed by atoms with E-state index >= 15 is 0 Å². The van der Waals surface area contributed by atoms with Crippen molar-refractivity contribution in [2.75, 3.05) is 0 Å². The molecule has 2 aliphatic heterocycles. The lowest BCUT2D eigenvalue weighted by molar-refractivity contribution is -0.169. The zero-order valence-corrected chi connectivity index (χ0v) is 11.5. The molecule has 2 aliphatic rings. The summed E-state index contributed by atoms with van der Waals surface area (Å²) in [7, 11) is 0. The van der Waals surface area contributed by atoms with Crippen LogP contribution in [-0.4, -0.2) is 56.0 Å². The summed E-state index contributed by atoms with van der Waals surface area (Å²) in [4.78, 5) is 59.3. The van der Waals surface area contributed by atoms with Gasteiger partial charge in [-0.2, -0.15) is 0 Å². The molecule has 112 valence electrons. The molecule has 0 spiro atoms. The number of rotatable bonds is 1. The molecule has 0 aromatic heterocycles. The molecule has 1 saturated heterocycles. The minimum absolute atomic E-state index is 0.132. The second-order valence-electron chi connectivity index (χ2n) is 4.66. The van der Waals surface area contributed by atoms with E-state index in [1.807, 2.05) is 0 Å². The molecule has 1 fully saturated rings. The molecular weight excluding hydrogens is 316 g/mol. The minimum atomic E-state index is -1.85. The van der Waals surface area contributed by atoms with Crippen LogP contribution >= 0.6 is 11.6 Å². The molecule has 0 saturated carbocycles. The number of likely N-dealkylation sites (tertiary alicyclic amines) is 1. The molecule has 2 atom stereocenters. The van der Waals surface area contributed by atoms with E-state index in [1.165, 1.54) is 12.1 Å². The molecule has 8 nitrogen and oxygen atoms in total. The van der Waals surface area contributed by atoms with Crippen molar-refractivity contribution in [1.82, 2.24) is 9.80 Å². The van der Waals surface area contributed by atoms with E-state index in [0.717, 1.165) is 0 Å². The number of alkyl halides is 1. The molecular formula is C13H7ClN2O6. The number of benzene rings is 1. The maximum Gasteiger partial charge on any atom is 0.395 e. The van der Waals surface area contributed by atoms with E-state index in [2.05, 4.69) is 0 Å². The smallest absolute Gasteiger partial charge is 0.395 e. The van der Waals surface area contributed by atoms with Crippen molar-refractivity contribution in [2.24, 2.45) is 0 Å². The van der Waals surface area contributed by atoms with Crippen LogP contribution in [0.5, 0.6) is 0 Å². The fraction of sp³-hybridized carbons (Fsp3) is 0.154. The molecule has 0 bridgehead atoms. The second kappa shape index (κ2) is 4.63. The van der Waals surface area contributed by atoms with Crippen LogP contribution in [0.4, 0.5) is 0 Å². The molecule has 1 aromatic rings. The van der Waals surface area contributed by atoms with Crippen LogP contribution < -0.4 is 0 Å². The van der Waals surface area contributed by atoms with Gasteiger partial charge in [-0.25, -0.2) is 4.79 Å². The second-order valence-corrected chi connectivity index (χ2v) is 5.11. The highest BCUT2D eigenvalue weighted by atomic mass is 35.5. The van der Waals surface area contributed by atoms with Crippen LogP contribution in [0.1, 0.15) is 20.7 Å². The Morgan fingerprint density at radius 1 is 1.05 bits per heavy atom.